The molecule has 0 atom stereocenters. The van der Waals surface area contributed by atoms with E-state index in [2.05, 4.69) is 11.4 Å². The predicted octanol–water partition coefficient (Wildman–Crippen LogP) is 3.69. The van der Waals surface area contributed by atoms with Crippen LogP contribution in [-0.4, -0.2) is 18.5 Å². The van der Waals surface area contributed by atoms with Crippen LogP contribution in [0.3, 0.4) is 0 Å². The summed E-state index contributed by atoms with van der Waals surface area (Å²) in [5, 5.41) is 12.4. The van der Waals surface area contributed by atoms with Crippen molar-refractivity contribution in [2.75, 3.05) is 11.9 Å². The number of rotatable bonds is 4. The summed E-state index contributed by atoms with van der Waals surface area (Å²) in [6.45, 7) is 3.23. The van der Waals surface area contributed by atoms with Crippen molar-refractivity contribution >= 4 is 39.8 Å². The van der Waals surface area contributed by atoms with E-state index in [-0.39, 0.29) is 10.6 Å². The Hall–Kier alpha value is -2.36. The fourth-order valence-electron chi connectivity index (χ4n) is 1.85. The number of aryl methyl sites for hydroxylation is 1. The van der Waals surface area contributed by atoms with Crippen molar-refractivity contribution in [2.24, 2.45) is 0 Å². The molecule has 0 saturated heterocycles. The number of hydrogen-bond donors (Lipinski definition) is 1. The molecule has 118 valence electrons. The van der Waals surface area contributed by atoms with Crippen molar-refractivity contribution in [1.82, 2.24) is 0 Å². The van der Waals surface area contributed by atoms with E-state index in [4.69, 9.17) is 21.6 Å². The van der Waals surface area contributed by atoms with Crippen LogP contribution in [0.15, 0.2) is 24.3 Å². The zero-order chi connectivity index (χ0) is 17.0. The molecular weight excluding hydrogens is 336 g/mol. The monoisotopic (exact) mass is 348 g/mol. The van der Waals surface area contributed by atoms with Crippen LogP contribution >= 0.6 is 22.9 Å². The van der Waals surface area contributed by atoms with Gasteiger partial charge >= 0.3 is 5.97 Å². The lowest BCUT2D eigenvalue weighted by Crippen LogP contribution is -2.21. The number of nitrogens with zero attached hydrogens (tertiary/aromatic N) is 1. The first-order valence-corrected chi connectivity index (χ1v) is 7.85. The fourth-order valence-corrected chi connectivity index (χ4v) is 3.09. The van der Waals surface area contributed by atoms with Crippen LogP contribution in [0.1, 0.15) is 26.4 Å². The topological polar surface area (TPSA) is 79.2 Å². The highest BCUT2D eigenvalue weighted by Crippen LogP contribution is 2.31. The number of carbonyl (C=O) groups excluding carboxylic acids is 2. The van der Waals surface area contributed by atoms with Crippen LogP contribution in [0, 0.1) is 25.2 Å². The maximum atomic E-state index is 11.9. The molecule has 7 heteroatoms. The number of hydrogen-bond acceptors (Lipinski definition) is 5. The van der Waals surface area contributed by atoms with Crippen LogP contribution in [0.2, 0.25) is 5.02 Å². The number of nitriles is 1. The van der Waals surface area contributed by atoms with E-state index in [9.17, 15) is 9.59 Å². The highest BCUT2D eigenvalue weighted by Gasteiger charge is 2.17. The molecule has 1 heterocycles. The number of thiophene rings is 1. The SMILES string of the molecule is Cc1sc(NC(=O)COC(=O)c2ccccc2Cl)c(C#N)c1C. The van der Waals surface area contributed by atoms with Crippen LogP contribution in [0.25, 0.3) is 0 Å². The normalized spacial score (nSPS) is 10.0. The maximum Gasteiger partial charge on any atom is 0.340 e. The standard InChI is InChI=1S/C16H13ClN2O3S/c1-9-10(2)23-15(12(9)7-18)19-14(20)8-22-16(21)11-5-3-4-6-13(11)17/h3-6H,8H2,1-2H3,(H,19,20). The van der Waals surface area contributed by atoms with Crippen molar-refractivity contribution in [3.63, 3.8) is 0 Å². The first kappa shape index (κ1) is 17.0. The molecule has 1 N–H and O–H groups in total. The molecule has 1 aromatic carbocycles. The molecule has 23 heavy (non-hydrogen) atoms. The van der Waals surface area contributed by atoms with E-state index in [0.29, 0.717) is 10.6 Å². The molecule has 0 aliphatic carbocycles. The molecule has 1 amide bonds. The number of carbonyl (C=O) groups is 2. The smallest absolute Gasteiger partial charge is 0.340 e. The second-order valence-corrected chi connectivity index (χ2v) is 6.34. The second-order valence-electron chi connectivity index (χ2n) is 4.70. The number of benzene rings is 1. The molecular formula is C16H13ClN2O3S. The van der Waals surface area contributed by atoms with Gasteiger partial charge in [0.15, 0.2) is 6.61 Å². The number of halogens is 1. The molecule has 0 unspecified atom stereocenters. The van der Waals surface area contributed by atoms with Gasteiger partial charge in [-0.3, -0.25) is 4.79 Å². The number of amides is 1. The fraction of sp³-hybridized carbons (Fsp3) is 0.188. The van der Waals surface area contributed by atoms with Gasteiger partial charge in [0.25, 0.3) is 5.91 Å². The molecule has 2 aromatic rings. The van der Waals surface area contributed by atoms with Crippen molar-refractivity contribution < 1.29 is 14.3 Å². The van der Waals surface area contributed by atoms with Crippen molar-refractivity contribution in [1.29, 1.82) is 5.26 Å². The van der Waals surface area contributed by atoms with Crippen molar-refractivity contribution in [3.05, 3.63) is 50.9 Å². The third-order valence-electron chi connectivity index (χ3n) is 3.18. The van der Waals surface area contributed by atoms with E-state index in [1.165, 1.54) is 17.4 Å². The minimum atomic E-state index is -0.676. The van der Waals surface area contributed by atoms with Crippen LogP contribution in [0.4, 0.5) is 5.00 Å². The zero-order valence-electron chi connectivity index (χ0n) is 12.5. The van der Waals surface area contributed by atoms with Crippen molar-refractivity contribution in [3.8, 4) is 6.07 Å². The Balaban J connectivity index is 1.99. The average molecular weight is 349 g/mol. The van der Waals surface area contributed by atoms with Gasteiger partial charge in [-0.25, -0.2) is 4.79 Å². The Labute approximate surface area is 142 Å². The molecule has 0 spiro atoms. The van der Waals surface area contributed by atoms with Crippen LogP contribution in [-0.2, 0) is 9.53 Å². The summed E-state index contributed by atoms with van der Waals surface area (Å²) >= 11 is 7.20. The molecule has 0 saturated carbocycles. The molecule has 0 fully saturated rings. The summed E-state index contributed by atoms with van der Waals surface area (Å²) in [6, 6.07) is 8.48. The molecule has 1 aromatic heterocycles. The lowest BCUT2D eigenvalue weighted by molar-refractivity contribution is -0.119. The average Bonchev–Trinajstić information content (AvgIpc) is 2.79. The summed E-state index contributed by atoms with van der Waals surface area (Å²) in [6.07, 6.45) is 0. The van der Waals surface area contributed by atoms with Gasteiger partial charge in [0, 0.05) is 4.88 Å². The maximum absolute atomic E-state index is 11.9. The van der Waals surface area contributed by atoms with Gasteiger partial charge in [-0.05, 0) is 31.5 Å². The summed E-state index contributed by atoms with van der Waals surface area (Å²) in [5.74, 6) is -1.19. The van der Waals surface area contributed by atoms with E-state index < -0.39 is 18.5 Å². The number of ether oxygens (including phenoxy) is 1. The summed E-state index contributed by atoms with van der Waals surface area (Å²) in [5.41, 5.74) is 1.46. The quantitative estimate of drug-likeness (QED) is 0.855. The van der Waals surface area contributed by atoms with Crippen LogP contribution in [0.5, 0.6) is 0 Å². The Morgan fingerprint density at radius 2 is 2.04 bits per heavy atom. The van der Waals surface area contributed by atoms with Gasteiger partial charge < -0.3 is 10.1 Å². The molecule has 2 rings (SSSR count). The third-order valence-corrected chi connectivity index (χ3v) is 4.63. The molecule has 5 nitrogen and oxygen atoms in total. The first-order chi connectivity index (χ1) is 10.9. The molecule has 0 aliphatic rings. The minimum Gasteiger partial charge on any atom is -0.452 e. The second kappa shape index (κ2) is 7.27. The van der Waals surface area contributed by atoms with E-state index in [1.807, 2.05) is 13.8 Å². The highest BCUT2D eigenvalue weighted by molar-refractivity contribution is 7.16. The van der Waals surface area contributed by atoms with E-state index in [0.717, 1.165) is 10.4 Å². The van der Waals surface area contributed by atoms with Gasteiger partial charge in [0.05, 0.1) is 16.1 Å². The Morgan fingerprint density at radius 3 is 2.70 bits per heavy atom. The highest BCUT2D eigenvalue weighted by atomic mass is 35.5. The summed E-state index contributed by atoms with van der Waals surface area (Å²) in [7, 11) is 0. The zero-order valence-corrected chi connectivity index (χ0v) is 14.0. The van der Waals surface area contributed by atoms with Crippen LogP contribution < -0.4 is 5.32 Å². The number of anilines is 1. The summed E-state index contributed by atoms with van der Waals surface area (Å²) in [4.78, 5) is 24.7. The van der Waals surface area contributed by atoms with E-state index >= 15 is 0 Å². The third kappa shape index (κ3) is 3.89. The molecule has 0 aliphatic heterocycles. The molecule has 0 radical (unpaired) electrons. The first-order valence-electron chi connectivity index (χ1n) is 6.65. The molecule has 0 bridgehead atoms. The minimum absolute atomic E-state index is 0.197. The summed E-state index contributed by atoms with van der Waals surface area (Å²) < 4.78 is 4.94. The van der Waals surface area contributed by atoms with Gasteiger partial charge in [-0.2, -0.15) is 5.26 Å². The van der Waals surface area contributed by atoms with Gasteiger partial charge in [-0.15, -0.1) is 11.3 Å². The number of esters is 1. The van der Waals surface area contributed by atoms with Gasteiger partial charge in [0.2, 0.25) is 0 Å². The Kier molecular flexibility index (Phi) is 5.37. The van der Waals surface area contributed by atoms with Crippen molar-refractivity contribution in [2.45, 2.75) is 13.8 Å². The van der Waals surface area contributed by atoms with Gasteiger partial charge in [-0.1, -0.05) is 23.7 Å². The Bertz CT molecular complexity index is 808. The largest absolute Gasteiger partial charge is 0.452 e. The lowest BCUT2D eigenvalue weighted by Gasteiger charge is -2.06. The predicted molar refractivity (Wildman–Crippen MR) is 88.9 cm³/mol. The van der Waals surface area contributed by atoms with Gasteiger partial charge in [0.1, 0.15) is 11.1 Å². The number of nitrogens with one attached hydrogen (secondary N) is 1. The van der Waals surface area contributed by atoms with E-state index in [1.54, 1.807) is 18.2 Å². The Morgan fingerprint density at radius 1 is 1.35 bits per heavy atom. The lowest BCUT2D eigenvalue weighted by atomic mass is 10.2.